The molecule has 1 fully saturated rings. The molecule has 1 unspecified atom stereocenters. The quantitative estimate of drug-likeness (QED) is 0.759. The van der Waals surface area contributed by atoms with Crippen LogP contribution in [0.15, 0.2) is 4.79 Å². The van der Waals surface area contributed by atoms with Crippen molar-refractivity contribution < 1.29 is 13.2 Å². The number of fused-ring (bicyclic) bond motifs is 1. The lowest BCUT2D eigenvalue weighted by molar-refractivity contribution is 0.107. The summed E-state index contributed by atoms with van der Waals surface area (Å²) in [5.74, 6) is 0.616. The van der Waals surface area contributed by atoms with Crippen LogP contribution in [-0.2, 0) is 27.6 Å². The largest absolute Gasteiger partial charge is 0.376 e. The van der Waals surface area contributed by atoms with E-state index in [2.05, 4.69) is 9.97 Å². The van der Waals surface area contributed by atoms with E-state index in [0.717, 1.165) is 5.69 Å². The van der Waals surface area contributed by atoms with E-state index in [1.54, 1.807) is 0 Å². The van der Waals surface area contributed by atoms with E-state index < -0.39 is 9.84 Å². The zero-order valence-electron chi connectivity index (χ0n) is 9.81. The number of nitrogens with one attached hydrogen (secondary N) is 1. The van der Waals surface area contributed by atoms with Crippen LogP contribution in [0.4, 0.5) is 0 Å². The van der Waals surface area contributed by atoms with Gasteiger partial charge in [-0.1, -0.05) is 0 Å². The van der Waals surface area contributed by atoms with Crippen LogP contribution in [0.25, 0.3) is 0 Å². The monoisotopic (exact) mass is 270 g/mol. The van der Waals surface area contributed by atoms with Gasteiger partial charge in [0.25, 0.3) is 5.56 Å². The fourth-order valence-corrected chi connectivity index (χ4v) is 4.21. The molecule has 1 atom stereocenters. The van der Waals surface area contributed by atoms with Gasteiger partial charge in [-0.05, 0) is 6.42 Å². The first-order valence-corrected chi connectivity index (χ1v) is 7.77. The number of nitrogens with zero attached hydrogens (tertiary/aromatic N) is 1. The molecule has 0 amide bonds. The second-order valence-corrected chi connectivity index (χ2v) is 7.01. The summed E-state index contributed by atoms with van der Waals surface area (Å²) >= 11 is 0. The Kier molecular flexibility index (Phi) is 2.74. The summed E-state index contributed by atoms with van der Waals surface area (Å²) in [5.41, 5.74) is 1.13. The Morgan fingerprint density at radius 1 is 1.39 bits per heavy atom. The van der Waals surface area contributed by atoms with E-state index >= 15 is 0 Å². The van der Waals surface area contributed by atoms with Crippen molar-refractivity contribution in [1.82, 2.24) is 9.97 Å². The van der Waals surface area contributed by atoms with Gasteiger partial charge in [-0.3, -0.25) is 4.79 Å². The molecule has 2 aliphatic heterocycles. The highest BCUT2D eigenvalue weighted by atomic mass is 32.2. The van der Waals surface area contributed by atoms with Crippen LogP contribution in [0.1, 0.15) is 29.4 Å². The number of hydrogen-bond donors (Lipinski definition) is 1. The summed E-state index contributed by atoms with van der Waals surface area (Å²) in [6, 6.07) is 0. The molecular formula is C11H14N2O4S. The molecule has 1 aromatic rings. The highest BCUT2D eigenvalue weighted by molar-refractivity contribution is 7.91. The highest BCUT2D eigenvalue weighted by Crippen LogP contribution is 2.26. The highest BCUT2D eigenvalue weighted by Gasteiger charge is 2.31. The van der Waals surface area contributed by atoms with Gasteiger partial charge in [-0.2, -0.15) is 0 Å². The number of ether oxygens (including phenoxy) is 1. The lowest BCUT2D eigenvalue weighted by Gasteiger charge is -2.16. The van der Waals surface area contributed by atoms with Crippen LogP contribution >= 0.6 is 0 Å². The van der Waals surface area contributed by atoms with Gasteiger partial charge >= 0.3 is 0 Å². The average Bonchev–Trinajstić information content (AvgIpc) is 2.70. The third-order valence-electron chi connectivity index (χ3n) is 3.47. The number of rotatable bonds is 1. The van der Waals surface area contributed by atoms with Crippen LogP contribution in [0.3, 0.4) is 0 Å². The van der Waals surface area contributed by atoms with Crippen LogP contribution in [0, 0.1) is 0 Å². The molecule has 0 saturated carbocycles. The molecule has 0 aliphatic carbocycles. The van der Waals surface area contributed by atoms with Gasteiger partial charge in [-0.15, -0.1) is 0 Å². The van der Waals surface area contributed by atoms with Gasteiger partial charge in [0.15, 0.2) is 9.84 Å². The molecular weight excluding hydrogens is 256 g/mol. The van der Waals surface area contributed by atoms with E-state index in [0.29, 0.717) is 37.4 Å². The zero-order valence-corrected chi connectivity index (χ0v) is 10.6. The first kappa shape index (κ1) is 11.9. The second kappa shape index (κ2) is 4.17. The lowest BCUT2D eigenvalue weighted by Crippen LogP contribution is -2.26. The number of sulfone groups is 1. The summed E-state index contributed by atoms with van der Waals surface area (Å²) in [4.78, 5) is 19.0. The molecule has 0 aromatic carbocycles. The summed E-state index contributed by atoms with van der Waals surface area (Å²) in [6.07, 6.45) is 1.16. The average molecular weight is 270 g/mol. The van der Waals surface area contributed by atoms with Gasteiger partial charge in [0.05, 0.1) is 36.0 Å². The number of H-pyrrole nitrogens is 1. The Labute approximate surface area is 104 Å². The van der Waals surface area contributed by atoms with Gasteiger partial charge in [0.1, 0.15) is 5.82 Å². The molecule has 3 rings (SSSR count). The zero-order chi connectivity index (χ0) is 12.8. The van der Waals surface area contributed by atoms with Crippen LogP contribution in [-0.4, -0.2) is 36.5 Å². The SMILES string of the molecule is O=c1[nH]c(C2CCS(=O)(=O)C2)nc2c1COCC2. The van der Waals surface area contributed by atoms with Crippen molar-refractivity contribution in [1.29, 1.82) is 0 Å². The normalized spacial score (nSPS) is 25.9. The molecule has 0 spiro atoms. The number of hydrogen-bond acceptors (Lipinski definition) is 5. The first-order valence-electron chi connectivity index (χ1n) is 5.95. The smallest absolute Gasteiger partial charge is 0.256 e. The molecule has 98 valence electrons. The molecule has 1 N–H and O–H groups in total. The Morgan fingerprint density at radius 2 is 2.22 bits per heavy atom. The minimum absolute atomic E-state index is 0.0885. The molecule has 1 aromatic heterocycles. The van der Waals surface area contributed by atoms with E-state index in [1.165, 1.54) is 0 Å². The summed E-state index contributed by atoms with van der Waals surface area (Å²) in [5, 5.41) is 0. The predicted octanol–water partition coefficient (Wildman–Crippen LogP) is -0.255. The van der Waals surface area contributed by atoms with Crippen LogP contribution < -0.4 is 5.56 Å². The Hall–Kier alpha value is -1.21. The standard InChI is InChI=1S/C11H14N2O4S/c14-11-8-5-17-3-1-9(8)12-10(13-11)7-2-4-18(15,16)6-7/h7H,1-6H2,(H,12,13,14). The molecule has 0 radical (unpaired) electrons. The topological polar surface area (TPSA) is 89.1 Å². The van der Waals surface area contributed by atoms with Crippen molar-refractivity contribution in [2.75, 3.05) is 18.1 Å². The molecule has 18 heavy (non-hydrogen) atoms. The van der Waals surface area contributed by atoms with Crippen molar-refractivity contribution in [2.45, 2.75) is 25.4 Å². The van der Waals surface area contributed by atoms with Gasteiger partial charge < -0.3 is 9.72 Å². The maximum Gasteiger partial charge on any atom is 0.256 e. The molecule has 2 aliphatic rings. The third kappa shape index (κ3) is 2.08. The van der Waals surface area contributed by atoms with Crippen molar-refractivity contribution in [3.63, 3.8) is 0 Å². The van der Waals surface area contributed by atoms with Crippen molar-refractivity contribution in [3.8, 4) is 0 Å². The van der Waals surface area contributed by atoms with Gasteiger partial charge in [0, 0.05) is 12.3 Å². The Bertz CT molecular complexity index is 635. The third-order valence-corrected chi connectivity index (χ3v) is 5.24. The Morgan fingerprint density at radius 3 is 2.94 bits per heavy atom. The fraction of sp³-hybridized carbons (Fsp3) is 0.636. The summed E-state index contributed by atoms with van der Waals surface area (Å²) in [7, 11) is -2.96. The van der Waals surface area contributed by atoms with E-state index in [-0.39, 0.29) is 23.0 Å². The van der Waals surface area contributed by atoms with Crippen molar-refractivity contribution >= 4 is 9.84 Å². The van der Waals surface area contributed by atoms with E-state index in [4.69, 9.17) is 4.74 Å². The molecule has 7 heteroatoms. The first-order chi connectivity index (χ1) is 8.55. The summed E-state index contributed by atoms with van der Waals surface area (Å²) < 4.78 is 28.1. The molecule has 6 nitrogen and oxygen atoms in total. The lowest BCUT2D eigenvalue weighted by atomic mass is 10.1. The van der Waals surface area contributed by atoms with E-state index in [9.17, 15) is 13.2 Å². The van der Waals surface area contributed by atoms with Gasteiger partial charge in [-0.25, -0.2) is 13.4 Å². The minimum atomic E-state index is -2.96. The summed E-state index contributed by atoms with van der Waals surface area (Å²) in [6.45, 7) is 0.854. The predicted molar refractivity (Wildman–Crippen MR) is 64.2 cm³/mol. The molecule has 1 saturated heterocycles. The van der Waals surface area contributed by atoms with Gasteiger partial charge in [0.2, 0.25) is 0 Å². The maximum atomic E-state index is 11.9. The van der Waals surface area contributed by atoms with Crippen LogP contribution in [0.2, 0.25) is 0 Å². The maximum absolute atomic E-state index is 11.9. The van der Waals surface area contributed by atoms with Crippen molar-refractivity contribution in [2.24, 2.45) is 0 Å². The second-order valence-electron chi connectivity index (χ2n) is 4.78. The number of aromatic amines is 1. The fourth-order valence-electron chi connectivity index (χ4n) is 2.47. The Balaban J connectivity index is 1.99. The number of aromatic nitrogens is 2. The van der Waals surface area contributed by atoms with Crippen molar-refractivity contribution in [3.05, 3.63) is 27.4 Å². The molecule has 3 heterocycles. The minimum Gasteiger partial charge on any atom is -0.376 e. The van der Waals surface area contributed by atoms with Crippen LogP contribution in [0.5, 0.6) is 0 Å². The molecule has 0 bridgehead atoms. The van der Waals surface area contributed by atoms with E-state index in [1.807, 2.05) is 0 Å².